The highest BCUT2D eigenvalue weighted by molar-refractivity contribution is 6.03. The Bertz CT molecular complexity index is 644. The molecular formula is C16H21N3O. The largest absolute Gasteiger partial charge is 0.324 e. The second kappa shape index (κ2) is 5.21. The van der Waals surface area contributed by atoms with Crippen molar-refractivity contribution in [2.75, 3.05) is 5.32 Å². The van der Waals surface area contributed by atoms with Gasteiger partial charge in [0.1, 0.15) is 0 Å². The maximum atomic E-state index is 12.3. The van der Waals surface area contributed by atoms with E-state index in [1.165, 1.54) is 0 Å². The molecule has 4 nitrogen and oxygen atoms in total. The zero-order chi connectivity index (χ0) is 14.9. The molecule has 3 N–H and O–H groups in total. The number of nitrogens with one attached hydrogen (secondary N) is 1. The van der Waals surface area contributed by atoms with Gasteiger partial charge in [-0.05, 0) is 24.5 Å². The summed E-state index contributed by atoms with van der Waals surface area (Å²) in [6.07, 6.45) is 0. The highest BCUT2D eigenvalue weighted by Crippen LogP contribution is 2.24. The molecule has 1 unspecified atom stereocenters. The topological polar surface area (TPSA) is 68.0 Å². The van der Waals surface area contributed by atoms with Crippen LogP contribution in [0, 0.1) is 12.3 Å². The Labute approximate surface area is 119 Å². The second-order valence-electron chi connectivity index (χ2n) is 6.16. The average molecular weight is 271 g/mol. The summed E-state index contributed by atoms with van der Waals surface area (Å²) in [4.78, 5) is 16.7. The summed E-state index contributed by atoms with van der Waals surface area (Å²) in [6.45, 7) is 7.76. The molecule has 106 valence electrons. The number of aryl methyl sites for hydroxylation is 1. The van der Waals surface area contributed by atoms with E-state index in [2.05, 4.69) is 10.3 Å². The number of rotatable bonds is 2. The van der Waals surface area contributed by atoms with Gasteiger partial charge in [-0.2, -0.15) is 0 Å². The molecule has 0 fully saturated rings. The summed E-state index contributed by atoms with van der Waals surface area (Å²) >= 11 is 0. The highest BCUT2D eigenvalue weighted by atomic mass is 16.2. The number of hydrogen-bond acceptors (Lipinski definition) is 3. The number of anilines is 1. The number of nitrogens with zero attached hydrogens (tertiary/aromatic N) is 1. The van der Waals surface area contributed by atoms with Crippen molar-refractivity contribution in [2.45, 2.75) is 33.7 Å². The van der Waals surface area contributed by atoms with E-state index in [9.17, 15) is 4.79 Å². The number of pyridine rings is 1. The first-order valence-electron chi connectivity index (χ1n) is 6.72. The lowest BCUT2D eigenvalue weighted by atomic mass is 9.87. The molecule has 0 saturated carbocycles. The van der Waals surface area contributed by atoms with Crippen LogP contribution in [0.2, 0.25) is 0 Å². The Morgan fingerprint density at radius 1 is 1.30 bits per heavy atom. The molecule has 0 saturated heterocycles. The molecule has 1 heterocycles. The Morgan fingerprint density at radius 2 is 1.95 bits per heavy atom. The van der Waals surface area contributed by atoms with Crippen LogP contribution < -0.4 is 11.1 Å². The van der Waals surface area contributed by atoms with Crippen LogP contribution in [-0.2, 0) is 4.79 Å². The number of nitrogens with two attached hydrogens (primary N) is 1. The molecular weight excluding hydrogens is 250 g/mol. The normalized spacial score (nSPS) is 13.2. The summed E-state index contributed by atoms with van der Waals surface area (Å²) in [7, 11) is 0. The molecule has 20 heavy (non-hydrogen) atoms. The number of hydrogen-bond donors (Lipinski definition) is 2. The molecule has 0 aliphatic rings. The monoisotopic (exact) mass is 271 g/mol. The Kier molecular flexibility index (Phi) is 3.77. The lowest BCUT2D eigenvalue weighted by Gasteiger charge is -2.26. The van der Waals surface area contributed by atoms with Gasteiger partial charge in [-0.3, -0.25) is 9.78 Å². The van der Waals surface area contributed by atoms with E-state index in [1.54, 1.807) is 0 Å². The third kappa shape index (κ3) is 2.96. The Balaban J connectivity index is 2.37. The van der Waals surface area contributed by atoms with Crippen molar-refractivity contribution in [3.8, 4) is 0 Å². The number of carbonyl (C=O) groups excluding carboxylic acids is 1. The van der Waals surface area contributed by atoms with Crippen LogP contribution in [0.15, 0.2) is 30.3 Å². The number of aromatic nitrogens is 1. The minimum absolute atomic E-state index is 0.173. The zero-order valence-corrected chi connectivity index (χ0v) is 12.4. The Morgan fingerprint density at radius 3 is 2.60 bits per heavy atom. The highest BCUT2D eigenvalue weighted by Gasteiger charge is 2.27. The minimum atomic E-state index is -0.560. The molecule has 1 aromatic carbocycles. The molecule has 2 rings (SSSR count). The lowest BCUT2D eigenvalue weighted by Crippen LogP contribution is -2.45. The van der Waals surface area contributed by atoms with E-state index in [1.807, 2.05) is 58.0 Å². The fourth-order valence-corrected chi connectivity index (χ4v) is 2.01. The van der Waals surface area contributed by atoms with E-state index in [0.29, 0.717) is 0 Å². The summed E-state index contributed by atoms with van der Waals surface area (Å²) in [6, 6.07) is 9.05. The van der Waals surface area contributed by atoms with Crippen LogP contribution in [-0.4, -0.2) is 16.9 Å². The SMILES string of the molecule is Cc1cc(NC(=O)C(N)C(C)(C)C)c2ccccc2n1. The third-order valence-electron chi connectivity index (χ3n) is 3.32. The van der Waals surface area contributed by atoms with Gasteiger partial charge in [0.25, 0.3) is 0 Å². The molecule has 0 bridgehead atoms. The van der Waals surface area contributed by atoms with Crippen molar-refractivity contribution in [1.82, 2.24) is 4.98 Å². The fourth-order valence-electron chi connectivity index (χ4n) is 2.01. The summed E-state index contributed by atoms with van der Waals surface area (Å²) in [5.41, 5.74) is 8.21. The van der Waals surface area contributed by atoms with E-state index in [0.717, 1.165) is 22.3 Å². The van der Waals surface area contributed by atoms with Gasteiger partial charge in [0.2, 0.25) is 5.91 Å². The van der Waals surface area contributed by atoms with E-state index >= 15 is 0 Å². The maximum absolute atomic E-state index is 12.3. The van der Waals surface area contributed by atoms with Crippen molar-refractivity contribution in [1.29, 1.82) is 0 Å². The molecule has 0 aliphatic heterocycles. The van der Waals surface area contributed by atoms with Crippen molar-refractivity contribution in [2.24, 2.45) is 11.1 Å². The van der Waals surface area contributed by atoms with Crippen LogP contribution >= 0.6 is 0 Å². The first kappa shape index (κ1) is 14.5. The van der Waals surface area contributed by atoms with Crippen LogP contribution in [0.1, 0.15) is 26.5 Å². The standard InChI is InChI=1S/C16H21N3O/c1-10-9-13(11-7-5-6-8-12(11)18-10)19-15(20)14(17)16(2,3)4/h5-9,14H,17H2,1-4H3,(H,18,19,20). The van der Waals surface area contributed by atoms with E-state index < -0.39 is 6.04 Å². The molecule has 1 aromatic heterocycles. The van der Waals surface area contributed by atoms with E-state index in [4.69, 9.17) is 5.73 Å². The molecule has 1 amide bonds. The first-order chi connectivity index (χ1) is 9.29. The van der Waals surface area contributed by atoms with Gasteiger partial charge in [-0.15, -0.1) is 0 Å². The van der Waals surface area contributed by atoms with Gasteiger partial charge in [0.05, 0.1) is 17.2 Å². The molecule has 1 atom stereocenters. The van der Waals surface area contributed by atoms with Gasteiger partial charge in [-0.25, -0.2) is 0 Å². The van der Waals surface area contributed by atoms with Gasteiger partial charge >= 0.3 is 0 Å². The predicted octanol–water partition coefficient (Wildman–Crippen LogP) is 2.86. The van der Waals surface area contributed by atoms with Gasteiger partial charge < -0.3 is 11.1 Å². The van der Waals surface area contributed by atoms with Crippen molar-refractivity contribution < 1.29 is 4.79 Å². The summed E-state index contributed by atoms with van der Waals surface area (Å²) in [5, 5.41) is 3.85. The first-order valence-corrected chi connectivity index (χ1v) is 6.72. The van der Waals surface area contributed by atoms with E-state index in [-0.39, 0.29) is 11.3 Å². The molecule has 0 spiro atoms. The minimum Gasteiger partial charge on any atom is -0.324 e. The van der Waals surface area contributed by atoms with Crippen molar-refractivity contribution >= 4 is 22.5 Å². The number of benzene rings is 1. The fraction of sp³-hybridized carbons (Fsp3) is 0.375. The number of carbonyl (C=O) groups is 1. The van der Waals surface area contributed by atoms with Crippen LogP contribution in [0.5, 0.6) is 0 Å². The average Bonchev–Trinajstić information content (AvgIpc) is 2.36. The van der Waals surface area contributed by atoms with Crippen LogP contribution in [0.4, 0.5) is 5.69 Å². The van der Waals surface area contributed by atoms with Gasteiger partial charge in [0, 0.05) is 11.1 Å². The molecule has 4 heteroatoms. The van der Waals surface area contributed by atoms with Crippen molar-refractivity contribution in [3.63, 3.8) is 0 Å². The third-order valence-corrected chi connectivity index (χ3v) is 3.32. The summed E-state index contributed by atoms with van der Waals surface area (Å²) < 4.78 is 0. The Hall–Kier alpha value is -1.94. The quantitative estimate of drug-likeness (QED) is 0.882. The summed E-state index contributed by atoms with van der Waals surface area (Å²) in [5.74, 6) is -0.173. The number of fused-ring (bicyclic) bond motifs is 1. The lowest BCUT2D eigenvalue weighted by molar-refractivity contribution is -0.119. The van der Waals surface area contributed by atoms with Gasteiger partial charge in [0.15, 0.2) is 0 Å². The molecule has 0 radical (unpaired) electrons. The number of para-hydroxylation sites is 1. The smallest absolute Gasteiger partial charge is 0.241 e. The molecule has 2 aromatic rings. The second-order valence-corrected chi connectivity index (χ2v) is 6.16. The van der Waals surface area contributed by atoms with Crippen molar-refractivity contribution in [3.05, 3.63) is 36.0 Å². The molecule has 0 aliphatic carbocycles. The zero-order valence-electron chi connectivity index (χ0n) is 12.4. The van der Waals surface area contributed by atoms with Crippen LogP contribution in [0.25, 0.3) is 10.9 Å². The predicted molar refractivity (Wildman–Crippen MR) is 82.5 cm³/mol. The number of amides is 1. The van der Waals surface area contributed by atoms with Gasteiger partial charge in [-0.1, -0.05) is 39.0 Å². The van der Waals surface area contributed by atoms with Crippen LogP contribution in [0.3, 0.4) is 0 Å². The maximum Gasteiger partial charge on any atom is 0.241 e.